The molecule has 0 saturated carbocycles. The van der Waals surface area contributed by atoms with E-state index < -0.39 is 5.60 Å². The summed E-state index contributed by atoms with van der Waals surface area (Å²) in [6.07, 6.45) is 4.00. The largest absolute Gasteiger partial charge is 0.389 e. The molecule has 0 aromatic carbocycles. The predicted molar refractivity (Wildman–Crippen MR) is 67.7 cm³/mol. The molecule has 96 valence electrons. The summed E-state index contributed by atoms with van der Waals surface area (Å²) in [7, 11) is 0. The third-order valence-corrected chi connectivity index (χ3v) is 3.33. The van der Waals surface area contributed by atoms with Crippen molar-refractivity contribution < 1.29 is 5.11 Å². The molecule has 0 spiro atoms. The molecule has 1 saturated heterocycles. The second-order valence-corrected chi connectivity index (χ2v) is 5.69. The number of likely N-dealkylation sites (tertiary alicyclic amines) is 1. The van der Waals surface area contributed by atoms with Crippen LogP contribution < -0.4 is 0 Å². The van der Waals surface area contributed by atoms with Crippen LogP contribution in [0.1, 0.15) is 45.3 Å². The Hall–Kier alpha value is -0.870. The molecule has 0 amide bonds. The summed E-state index contributed by atoms with van der Waals surface area (Å²) >= 11 is 0. The molecule has 1 aliphatic rings. The van der Waals surface area contributed by atoms with Crippen LogP contribution in [0.25, 0.3) is 0 Å². The molecule has 2 rings (SSSR count). The maximum absolute atomic E-state index is 10.0. The van der Waals surface area contributed by atoms with E-state index in [2.05, 4.69) is 29.9 Å². The van der Waals surface area contributed by atoms with Gasteiger partial charge in [0.15, 0.2) is 0 Å². The average molecular weight is 237 g/mol. The standard InChI is InChI=1S/C13H23N3O/c1-11(2)16-8-5-12(14-16)9-15-7-4-6-13(3,17)10-15/h5,8,11,17H,4,6-7,9-10H2,1-3H3. The number of β-amino-alcohol motifs (C(OH)–C–C–N with tert-alkyl or cyclic N) is 1. The van der Waals surface area contributed by atoms with E-state index in [0.29, 0.717) is 6.04 Å². The van der Waals surface area contributed by atoms with Crippen LogP contribution >= 0.6 is 0 Å². The van der Waals surface area contributed by atoms with Gasteiger partial charge in [0.05, 0.1) is 11.3 Å². The molecule has 1 aliphatic heterocycles. The number of hydrogen-bond acceptors (Lipinski definition) is 3. The van der Waals surface area contributed by atoms with Crippen molar-refractivity contribution in [1.29, 1.82) is 0 Å². The third-order valence-electron chi connectivity index (χ3n) is 3.33. The van der Waals surface area contributed by atoms with Crippen LogP contribution in [0.2, 0.25) is 0 Å². The number of rotatable bonds is 3. The summed E-state index contributed by atoms with van der Waals surface area (Å²) in [6.45, 7) is 8.83. The monoisotopic (exact) mass is 237 g/mol. The van der Waals surface area contributed by atoms with Gasteiger partial charge in [-0.1, -0.05) is 0 Å². The zero-order valence-corrected chi connectivity index (χ0v) is 11.1. The van der Waals surface area contributed by atoms with Gasteiger partial charge < -0.3 is 5.11 Å². The Kier molecular flexibility index (Phi) is 3.54. The molecular formula is C13H23N3O. The molecule has 1 fully saturated rings. The van der Waals surface area contributed by atoms with Crippen molar-refractivity contribution in [2.75, 3.05) is 13.1 Å². The van der Waals surface area contributed by atoms with Gasteiger partial charge in [-0.3, -0.25) is 9.58 Å². The summed E-state index contributed by atoms with van der Waals surface area (Å²) in [6, 6.07) is 2.48. The molecular weight excluding hydrogens is 214 g/mol. The molecule has 2 heterocycles. The summed E-state index contributed by atoms with van der Waals surface area (Å²) in [5.74, 6) is 0. The van der Waals surface area contributed by atoms with E-state index in [0.717, 1.165) is 38.2 Å². The lowest BCUT2D eigenvalue weighted by molar-refractivity contribution is -0.0185. The first-order valence-corrected chi connectivity index (χ1v) is 6.45. The zero-order valence-electron chi connectivity index (χ0n) is 11.1. The highest BCUT2D eigenvalue weighted by Gasteiger charge is 2.28. The third kappa shape index (κ3) is 3.30. The topological polar surface area (TPSA) is 41.3 Å². The highest BCUT2D eigenvalue weighted by molar-refractivity contribution is 5.00. The fourth-order valence-corrected chi connectivity index (χ4v) is 2.44. The van der Waals surface area contributed by atoms with E-state index in [1.54, 1.807) is 0 Å². The first kappa shape index (κ1) is 12.6. The van der Waals surface area contributed by atoms with Gasteiger partial charge in [0.2, 0.25) is 0 Å². The number of aliphatic hydroxyl groups is 1. The summed E-state index contributed by atoms with van der Waals surface area (Å²) in [5.41, 5.74) is 0.565. The number of hydrogen-bond donors (Lipinski definition) is 1. The molecule has 17 heavy (non-hydrogen) atoms. The maximum Gasteiger partial charge on any atom is 0.0764 e. The van der Waals surface area contributed by atoms with Crippen molar-refractivity contribution in [1.82, 2.24) is 14.7 Å². The fourth-order valence-electron chi connectivity index (χ4n) is 2.44. The van der Waals surface area contributed by atoms with E-state index in [1.165, 1.54) is 0 Å². The lowest BCUT2D eigenvalue weighted by atomic mass is 9.95. The quantitative estimate of drug-likeness (QED) is 0.871. The minimum atomic E-state index is -0.529. The van der Waals surface area contributed by atoms with Gasteiger partial charge >= 0.3 is 0 Å². The summed E-state index contributed by atoms with van der Waals surface area (Å²) in [5, 5.41) is 14.6. The van der Waals surface area contributed by atoms with E-state index in [1.807, 2.05) is 17.8 Å². The highest BCUT2D eigenvalue weighted by atomic mass is 16.3. The van der Waals surface area contributed by atoms with Crippen LogP contribution in [0.15, 0.2) is 12.3 Å². The Morgan fingerprint density at radius 1 is 1.53 bits per heavy atom. The molecule has 1 N–H and O–H groups in total. The molecule has 0 radical (unpaired) electrons. The minimum Gasteiger partial charge on any atom is -0.389 e. The van der Waals surface area contributed by atoms with Crippen molar-refractivity contribution in [3.8, 4) is 0 Å². The molecule has 4 heteroatoms. The Bertz CT molecular complexity index is 370. The lowest BCUT2D eigenvalue weighted by Gasteiger charge is -2.36. The zero-order chi connectivity index (χ0) is 12.5. The second-order valence-electron chi connectivity index (χ2n) is 5.69. The Morgan fingerprint density at radius 3 is 2.88 bits per heavy atom. The molecule has 0 aliphatic carbocycles. The van der Waals surface area contributed by atoms with Crippen LogP contribution in [-0.4, -0.2) is 38.5 Å². The SMILES string of the molecule is CC(C)n1ccc(CN2CCCC(C)(O)C2)n1. The fraction of sp³-hybridized carbons (Fsp3) is 0.769. The van der Waals surface area contributed by atoms with E-state index in [9.17, 15) is 5.11 Å². The van der Waals surface area contributed by atoms with Crippen LogP contribution in [0.3, 0.4) is 0 Å². The summed E-state index contributed by atoms with van der Waals surface area (Å²) < 4.78 is 1.98. The molecule has 1 aromatic heterocycles. The van der Waals surface area contributed by atoms with Crippen LogP contribution in [0.4, 0.5) is 0 Å². The van der Waals surface area contributed by atoms with Gasteiger partial charge in [0, 0.05) is 25.3 Å². The van der Waals surface area contributed by atoms with Crippen molar-refractivity contribution in [3.05, 3.63) is 18.0 Å². The van der Waals surface area contributed by atoms with Gasteiger partial charge in [-0.2, -0.15) is 5.10 Å². The second kappa shape index (κ2) is 4.78. The van der Waals surface area contributed by atoms with Crippen LogP contribution in [0.5, 0.6) is 0 Å². The molecule has 1 unspecified atom stereocenters. The van der Waals surface area contributed by atoms with Crippen LogP contribution in [0, 0.1) is 0 Å². The van der Waals surface area contributed by atoms with Gasteiger partial charge in [0.25, 0.3) is 0 Å². The first-order chi connectivity index (χ1) is 7.96. The molecule has 1 aromatic rings. The first-order valence-electron chi connectivity index (χ1n) is 6.45. The van der Waals surface area contributed by atoms with Gasteiger partial charge in [-0.25, -0.2) is 0 Å². The molecule has 1 atom stereocenters. The van der Waals surface area contributed by atoms with Crippen molar-refractivity contribution in [2.24, 2.45) is 0 Å². The normalized spacial score (nSPS) is 26.6. The minimum absolute atomic E-state index is 0.410. The molecule has 0 bridgehead atoms. The Labute approximate surface area is 103 Å². The van der Waals surface area contributed by atoms with Gasteiger partial charge in [-0.05, 0) is 46.2 Å². The van der Waals surface area contributed by atoms with Gasteiger partial charge in [0.1, 0.15) is 0 Å². The smallest absolute Gasteiger partial charge is 0.0764 e. The van der Waals surface area contributed by atoms with Crippen molar-refractivity contribution in [2.45, 2.75) is 51.8 Å². The lowest BCUT2D eigenvalue weighted by Crippen LogP contribution is -2.45. The van der Waals surface area contributed by atoms with E-state index >= 15 is 0 Å². The summed E-state index contributed by atoms with van der Waals surface area (Å²) in [4.78, 5) is 2.29. The Morgan fingerprint density at radius 2 is 2.29 bits per heavy atom. The number of aromatic nitrogens is 2. The average Bonchev–Trinajstić information content (AvgIpc) is 2.64. The van der Waals surface area contributed by atoms with E-state index in [4.69, 9.17) is 0 Å². The highest BCUT2D eigenvalue weighted by Crippen LogP contribution is 2.21. The van der Waals surface area contributed by atoms with Crippen LogP contribution in [-0.2, 0) is 6.54 Å². The number of piperidine rings is 1. The predicted octanol–water partition coefficient (Wildman–Crippen LogP) is 1.81. The van der Waals surface area contributed by atoms with Crippen molar-refractivity contribution >= 4 is 0 Å². The number of nitrogens with zero attached hydrogens (tertiary/aromatic N) is 3. The Balaban J connectivity index is 1.95. The van der Waals surface area contributed by atoms with Crippen molar-refractivity contribution in [3.63, 3.8) is 0 Å². The van der Waals surface area contributed by atoms with E-state index in [-0.39, 0.29) is 0 Å². The molecule has 4 nitrogen and oxygen atoms in total. The van der Waals surface area contributed by atoms with Gasteiger partial charge in [-0.15, -0.1) is 0 Å². The maximum atomic E-state index is 10.0.